The average Bonchev–Trinajstić information content (AvgIpc) is 2.70. The molecule has 1 aromatic carbocycles. The van der Waals surface area contributed by atoms with Gasteiger partial charge in [-0.15, -0.1) is 11.8 Å². The van der Waals surface area contributed by atoms with Crippen LogP contribution in [0, 0.1) is 0 Å². The number of benzene rings is 1. The molecule has 0 unspecified atom stereocenters. The second-order valence-corrected chi connectivity index (χ2v) is 5.20. The standard InChI is InChI=1S/C12H10Cl2N2OS/c1-18-8-4-2-3-7(5-8)15-12(17)10-6-9(13)11(14)16-10/h2-6,16H,1H3,(H,15,17). The molecule has 0 aliphatic carbocycles. The van der Waals surface area contributed by atoms with Crippen molar-refractivity contribution in [2.75, 3.05) is 11.6 Å². The number of rotatable bonds is 3. The predicted octanol–water partition coefficient (Wildman–Crippen LogP) is 4.30. The highest BCUT2D eigenvalue weighted by Crippen LogP contribution is 2.23. The number of aromatic amines is 1. The molecule has 3 nitrogen and oxygen atoms in total. The van der Waals surface area contributed by atoms with Crippen molar-refractivity contribution < 1.29 is 4.79 Å². The van der Waals surface area contributed by atoms with Gasteiger partial charge in [-0.25, -0.2) is 0 Å². The molecule has 2 rings (SSSR count). The summed E-state index contributed by atoms with van der Waals surface area (Å²) < 4.78 is 0. The lowest BCUT2D eigenvalue weighted by molar-refractivity contribution is 0.102. The molecule has 18 heavy (non-hydrogen) atoms. The van der Waals surface area contributed by atoms with Gasteiger partial charge in [0.15, 0.2) is 0 Å². The first-order chi connectivity index (χ1) is 8.60. The van der Waals surface area contributed by atoms with Crippen LogP contribution in [0.15, 0.2) is 35.2 Å². The number of nitrogens with one attached hydrogen (secondary N) is 2. The molecule has 2 N–H and O–H groups in total. The van der Waals surface area contributed by atoms with E-state index < -0.39 is 0 Å². The Morgan fingerprint density at radius 1 is 1.33 bits per heavy atom. The van der Waals surface area contributed by atoms with Gasteiger partial charge in [-0.1, -0.05) is 29.3 Å². The topological polar surface area (TPSA) is 44.9 Å². The summed E-state index contributed by atoms with van der Waals surface area (Å²) in [5, 5.41) is 3.37. The van der Waals surface area contributed by atoms with Gasteiger partial charge in [0.05, 0.1) is 5.02 Å². The molecule has 0 spiro atoms. The minimum absolute atomic E-state index is 0.264. The van der Waals surface area contributed by atoms with E-state index in [2.05, 4.69) is 10.3 Å². The fourth-order valence-corrected chi connectivity index (χ4v) is 2.20. The molecule has 1 aromatic heterocycles. The van der Waals surface area contributed by atoms with Crippen molar-refractivity contribution in [3.63, 3.8) is 0 Å². The minimum Gasteiger partial charge on any atom is -0.340 e. The summed E-state index contributed by atoms with van der Waals surface area (Å²) in [6.45, 7) is 0. The van der Waals surface area contributed by atoms with E-state index >= 15 is 0 Å². The number of aromatic nitrogens is 1. The van der Waals surface area contributed by atoms with E-state index in [1.165, 1.54) is 6.07 Å². The Morgan fingerprint density at radius 2 is 2.11 bits per heavy atom. The number of hydrogen-bond acceptors (Lipinski definition) is 2. The SMILES string of the molecule is CSc1cccc(NC(=O)c2cc(Cl)c(Cl)[nH]2)c1. The predicted molar refractivity (Wildman–Crippen MR) is 77.0 cm³/mol. The Hall–Kier alpha value is -1.10. The first kappa shape index (κ1) is 13.3. The zero-order valence-corrected chi connectivity index (χ0v) is 11.8. The second-order valence-electron chi connectivity index (χ2n) is 3.53. The van der Waals surface area contributed by atoms with Crippen molar-refractivity contribution in [2.24, 2.45) is 0 Å². The third-order valence-corrected chi connectivity index (χ3v) is 3.72. The van der Waals surface area contributed by atoms with Crippen molar-refractivity contribution in [2.45, 2.75) is 4.90 Å². The third-order valence-electron chi connectivity index (χ3n) is 2.30. The molecule has 0 saturated carbocycles. The number of halogens is 2. The van der Waals surface area contributed by atoms with Crippen molar-refractivity contribution in [3.05, 3.63) is 46.2 Å². The lowest BCUT2D eigenvalue weighted by Gasteiger charge is -2.05. The molecule has 94 valence electrons. The van der Waals surface area contributed by atoms with Gasteiger partial charge in [0, 0.05) is 10.6 Å². The van der Waals surface area contributed by atoms with Crippen LogP contribution >= 0.6 is 35.0 Å². The van der Waals surface area contributed by atoms with Crippen LogP contribution in [0.5, 0.6) is 0 Å². The maximum atomic E-state index is 11.9. The molecule has 1 amide bonds. The van der Waals surface area contributed by atoms with Crippen LogP contribution in [0.4, 0.5) is 5.69 Å². The maximum absolute atomic E-state index is 11.9. The number of H-pyrrole nitrogens is 1. The van der Waals surface area contributed by atoms with E-state index in [1.807, 2.05) is 30.5 Å². The zero-order chi connectivity index (χ0) is 13.1. The number of anilines is 1. The van der Waals surface area contributed by atoms with Gasteiger partial charge in [0.2, 0.25) is 0 Å². The Labute approximate surface area is 119 Å². The summed E-state index contributed by atoms with van der Waals surface area (Å²) in [5.41, 5.74) is 1.06. The fraction of sp³-hybridized carbons (Fsp3) is 0.0833. The smallest absolute Gasteiger partial charge is 0.272 e. The first-order valence-corrected chi connectivity index (χ1v) is 7.07. The normalized spacial score (nSPS) is 10.4. The molecule has 0 fully saturated rings. The zero-order valence-electron chi connectivity index (χ0n) is 9.46. The van der Waals surface area contributed by atoms with Gasteiger partial charge in [0.25, 0.3) is 5.91 Å². The van der Waals surface area contributed by atoms with Gasteiger partial charge in [0.1, 0.15) is 10.8 Å². The van der Waals surface area contributed by atoms with Crippen LogP contribution in [0.1, 0.15) is 10.5 Å². The summed E-state index contributed by atoms with van der Waals surface area (Å²) in [5.74, 6) is -0.276. The van der Waals surface area contributed by atoms with E-state index in [4.69, 9.17) is 23.2 Å². The van der Waals surface area contributed by atoms with Crippen LogP contribution in [0.25, 0.3) is 0 Å². The van der Waals surface area contributed by atoms with Gasteiger partial charge in [-0.05, 0) is 30.5 Å². The van der Waals surface area contributed by atoms with Gasteiger partial charge >= 0.3 is 0 Å². The largest absolute Gasteiger partial charge is 0.340 e. The van der Waals surface area contributed by atoms with Gasteiger partial charge in [-0.2, -0.15) is 0 Å². The average molecular weight is 301 g/mol. The molecule has 0 saturated heterocycles. The Balaban J connectivity index is 2.15. The highest BCUT2D eigenvalue weighted by atomic mass is 35.5. The summed E-state index contributed by atoms with van der Waals surface area (Å²) >= 11 is 13.1. The summed E-state index contributed by atoms with van der Waals surface area (Å²) in [7, 11) is 0. The second kappa shape index (κ2) is 5.69. The van der Waals surface area contributed by atoms with Crippen molar-refractivity contribution in [1.29, 1.82) is 0 Å². The third kappa shape index (κ3) is 3.02. The molecule has 0 aliphatic heterocycles. The Kier molecular flexibility index (Phi) is 4.22. The molecule has 0 radical (unpaired) electrons. The lowest BCUT2D eigenvalue weighted by atomic mass is 10.3. The maximum Gasteiger partial charge on any atom is 0.272 e. The van der Waals surface area contributed by atoms with E-state index in [0.717, 1.165) is 10.6 Å². The molecule has 0 atom stereocenters. The van der Waals surface area contributed by atoms with Crippen LogP contribution in [-0.4, -0.2) is 17.1 Å². The van der Waals surface area contributed by atoms with Crippen molar-refractivity contribution >= 4 is 46.6 Å². The molecular weight excluding hydrogens is 291 g/mol. The number of amides is 1. The summed E-state index contributed by atoms with van der Waals surface area (Å²) in [6.07, 6.45) is 1.98. The Morgan fingerprint density at radius 3 is 2.72 bits per heavy atom. The summed E-state index contributed by atoms with van der Waals surface area (Å²) in [6, 6.07) is 9.08. The van der Waals surface area contributed by atoms with Gasteiger partial charge in [-0.3, -0.25) is 4.79 Å². The van der Waals surface area contributed by atoms with Crippen LogP contribution in [0.3, 0.4) is 0 Å². The number of thioether (sulfide) groups is 1. The summed E-state index contributed by atoms with van der Waals surface area (Å²) in [4.78, 5) is 15.7. The van der Waals surface area contributed by atoms with E-state index in [-0.39, 0.29) is 11.1 Å². The molecule has 1 heterocycles. The molecule has 0 bridgehead atoms. The fourth-order valence-electron chi connectivity index (χ4n) is 1.43. The Bertz CT molecular complexity index is 564. The van der Waals surface area contributed by atoms with Crippen molar-refractivity contribution in [3.8, 4) is 0 Å². The van der Waals surface area contributed by atoms with Crippen LogP contribution in [0.2, 0.25) is 10.2 Å². The van der Waals surface area contributed by atoms with Crippen LogP contribution in [-0.2, 0) is 0 Å². The van der Waals surface area contributed by atoms with Crippen LogP contribution < -0.4 is 5.32 Å². The van der Waals surface area contributed by atoms with Gasteiger partial charge < -0.3 is 10.3 Å². The highest BCUT2D eigenvalue weighted by molar-refractivity contribution is 7.98. The van der Waals surface area contributed by atoms with E-state index in [1.54, 1.807) is 11.8 Å². The number of hydrogen-bond donors (Lipinski definition) is 2. The lowest BCUT2D eigenvalue weighted by Crippen LogP contribution is -2.12. The van der Waals surface area contributed by atoms with E-state index in [0.29, 0.717) is 10.7 Å². The molecule has 2 aromatic rings. The van der Waals surface area contributed by atoms with Crippen molar-refractivity contribution in [1.82, 2.24) is 4.98 Å². The number of carbonyl (C=O) groups excluding carboxylic acids is 1. The monoisotopic (exact) mass is 300 g/mol. The quantitative estimate of drug-likeness (QED) is 0.830. The first-order valence-electron chi connectivity index (χ1n) is 5.09. The number of carbonyl (C=O) groups is 1. The molecule has 6 heteroatoms. The van der Waals surface area contributed by atoms with E-state index in [9.17, 15) is 4.79 Å². The molecular formula is C12H10Cl2N2OS. The highest BCUT2D eigenvalue weighted by Gasteiger charge is 2.11. The molecule has 0 aliphatic rings. The minimum atomic E-state index is -0.276.